The van der Waals surface area contributed by atoms with Crippen molar-refractivity contribution in [3.8, 4) is 0 Å². The molecule has 1 saturated carbocycles. The van der Waals surface area contributed by atoms with Gasteiger partial charge in [-0.2, -0.15) is 0 Å². The normalized spacial score (nSPS) is 35.5. The molecule has 3 heteroatoms. The van der Waals surface area contributed by atoms with Crippen molar-refractivity contribution in [1.82, 2.24) is 4.90 Å². The molecule has 0 bridgehead atoms. The van der Waals surface area contributed by atoms with Gasteiger partial charge in [-0.1, -0.05) is 20.3 Å². The monoisotopic (exact) mass is 268 g/mol. The molecule has 2 fully saturated rings. The number of hydrogen-bond acceptors (Lipinski definition) is 3. The van der Waals surface area contributed by atoms with E-state index in [9.17, 15) is 0 Å². The molecule has 1 aliphatic heterocycles. The number of hydrogen-bond donors (Lipinski definition) is 1. The van der Waals surface area contributed by atoms with Gasteiger partial charge < -0.3 is 10.5 Å². The molecular weight excluding hydrogens is 236 g/mol. The second kappa shape index (κ2) is 6.11. The van der Waals surface area contributed by atoms with Crippen LogP contribution in [0.3, 0.4) is 0 Å². The summed E-state index contributed by atoms with van der Waals surface area (Å²) in [6.07, 6.45) is 7.69. The number of nitrogens with zero attached hydrogens (tertiary/aromatic N) is 1. The third-order valence-corrected chi connectivity index (χ3v) is 5.28. The Morgan fingerprint density at radius 2 is 2.05 bits per heavy atom. The van der Waals surface area contributed by atoms with Crippen LogP contribution in [0.15, 0.2) is 0 Å². The Morgan fingerprint density at radius 3 is 2.63 bits per heavy atom. The second-order valence-electron chi connectivity index (χ2n) is 7.59. The zero-order chi connectivity index (χ0) is 13.9. The fourth-order valence-corrected chi connectivity index (χ4v) is 4.15. The molecule has 1 aliphatic carbocycles. The number of nitrogens with two attached hydrogens (primary N) is 1. The van der Waals surface area contributed by atoms with Gasteiger partial charge in [-0.25, -0.2) is 0 Å². The lowest BCUT2D eigenvalue weighted by Crippen LogP contribution is -2.57. The highest BCUT2D eigenvalue weighted by atomic mass is 16.5. The van der Waals surface area contributed by atoms with E-state index < -0.39 is 0 Å². The lowest BCUT2D eigenvalue weighted by atomic mass is 9.67. The lowest BCUT2D eigenvalue weighted by Gasteiger charge is -2.50. The van der Waals surface area contributed by atoms with Crippen molar-refractivity contribution in [2.45, 2.75) is 57.9 Å². The average Bonchev–Trinajstić information content (AvgIpc) is 2.38. The summed E-state index contributed by atoms with van der Waals surface area (Å²) in [4.78, 5) is 2.56. The van der Waals surface area contributed by atoms with Crippen molar-refractivity contribution in [1.29, 1.82) is 0 Å². The zero-order valence-corrected chi connectivity index (χ0v) is 13.1. The number of ether oxygens (including phenoxy) is 1. The van der Waals surface area contributed by atoms with E-state index >= 15 is 0 Å². The van der Waals surface area contributed by atoms with Crippen molar-refractivity contribution in [2.75, 3.05) is 33.4 Å². The van der Waals surface area contributed by atoms with E-state index in [4.69, 9.17) is 10.5 Å². The largest absolute Gasteiger partial charge is 0.381 e. The van der Waals surface area contributed by atoms with Gasteiger partial charge >= 0.3 is 0 Å². The van der Waals surface area contributed by atoms with Gasteiger partial charge in [-0.15, -0.1) is 0 Å². The van der Waals surface area contributed by atoms with E-state index in [1.165, 1.54) is 38.5 Å². The molecule has 0 amide bonds. The molecular formula is C16H32N2O. The minimum Gasteiger partial charge on any atom is -0.381 e. The van der Waals surface area contributed by atoms with E-state index in [0.29, 0.717) is 11.3 Å². The Hall–Kier alpha value is -0.120. The van der Waals surface area contributed by atoms with Crippen LogP contribution in [-0.4, -0.2) is 43.8 Å². The van der Waals surface area contributed by atoms with Crippen LogP contribution in [0.5, 0.6) is 0 Å². The van der Waals surface area contributed by atoms with E-state index in [0.717, 1.165) is 26.3 Å². The Morgan fingerprint density at radius 1 is 1.26 bits per heavy atom. The van der Waals surface area contributed by atoms with Crippen LogP contribution in [0.4, 0.5) is 0 Å². The molecule has 1 heterocycles. The van der Waals surface area contributed by atoms with Crippen molar-refractivity contribution >= 4 is 0 Å². The van der Waals surface area contributed by atoms with Crippen molar-refractivity contribution in [2.24, 2.45) is 17.1 Å². The molecule has 0 spiro atoms. The Balaban J connectivity index is 1.98. The third kappa shape index (κ3) is 3.71. The summed E-state index contributed by atoms with van der Waals surface area (Å²) in [6, 6.07) is 0. The molecule has 0 aromatic heterocycles. The van der Waals surface area contributed by atoms with Crippen LogP contribution in [-0.2, 0) is 4.74 Å². The second-order valence-corrected chi connectivity index (χ2v) is 7.59. The summed E-state index contributed by atoms with van der Waals surface area (Å²) in [5.41, 5.74) is 6.85. The molecule has 2 atom stereocenters. The van der Waals surface area contributed by atoms with E-state index in [1.54, 1.807) is 0 Å². The van der Waals surface area contributed by atoms with Gasteiger partial charge in [0.25, 0.3) is 0 Å². The number of likely N-dealkylation sites (N-methyl/N-ethyl adjacent to an activating group) is 1. The minimum absolute atomic E-state index is 0.221. The first-order chi connectivity index (χ1) is 8.97. The van der Waals surface area contributed by atoms with E-state index in [-0.39, 0.29) is 5.54 Å². The molecule has 2 unspecified atom stereocenters. The Labute approximate surface area is 118 Å². The first kappa shape index (κ1) is 15.3. The maximum atomic E-state index is 6.19. The fraction of sp³-hybridized carbons (Fsp3) is 1.00. The van der Waals surface area contributed by atoms with Gasteiger partial charge in [0.1, 0.15) is 0 Å². The first-order valence-corrected chi connectivity index (χ1v) is 7.97. The lowest BCUT2D eigenvalue weighted by molar-refractivity contribution is -0.0104. The predicted molar refractivity (Wildman–Crippen MR) is 80.2 cm³/mol. The molecule has 0 aromatic carbocycles. The van der Waals surface area contributed by atoms with Gasteiger partial charge in [-0.05, 0) is 50.5 Å². The van der Waals surface area contributed by atoms with Gasteiger partial charge in [0.2, 0.25) is 0 Å². The summed E-state index contributed by atoms with van der Waals surface area (Å²) in [5, 5.41) is 0. The van der Waals surface area contributed by atoms with Crippen LogP contribution in [0, 0.1) is 11.3 Å². The molecule has 0 aromatic rings. The van der Waals surface area contributed by atoms with Crippen LogP contribution < -0.4 is 5.73 Å². The van der Waals surface area contributed by atoms with Gasteiger partial charge in [0.05, 0.1) is 6.61 Å². The molecule has 3 nitrogen and oxygen atoms in total. The molecule has 0 radical (unpaired) electrons. The standard InChI is InChI=1S/C16H32N2O/c1-15(2)7-5-8-16(12-15,13-17)18(3)10-14-6-4-9-19-11-14/h14H,4-13,17H2,1-3H3. The highest BCUT2D eigenvalue weighted by Crippen LogP contribution is 2.43. The molecule has 2 aliphatic rings. The van der Waals surface area contributed by atoms with Gasteiger partial charge in [0, 0.05) is 25.2 Å². The predicted octanol–water partition coefficient (Wildman–Crippen LogP) is 2.64. The quantitative estimate of drug-likeness (QED) is 0.852. The van der Waals surface area contributed by atoms with Crippen LogP contribution in [0.2, 0.25) is 0 Å². The topological polar surface area (TPSA) is 38.5 Å². The maximum absolute atomic E-state index is 6.19. The molecule has 19 heavy (non-hydrogen) atoms. The highest BCUT2D eigenvalue weighted by molar-refractivity contribution is 4.98. The zero-order valence-electron chi connectivity index (χ0n) is 13.1. The molecule has 2 N–H and O–H groups in total. The average molecular weight is 268 g/mol. The van der Waals surface area contributed by atoms with E-state index in [1.807, 2.05) is 0 Å². The maximum Gasteiger partial charge on any atom is 0.0506 e. The highest BCUT2D eigenvalue weighted by Gasteiger charge is 2.42. The summed E-state index contributed by atoms with van der Waals surface area (Å²) in [5.74, 6) is 0.701. The summed E-state index contributed by atoms with van der Waals surface area (Å²) in [6.45, 7) is 8.62. The molecule has 1 saturated heterocycles. The summed E-state index contributed by atoms with van der Waals surface area (Å²) >= 11 is 0. The molecule has 112 valence electrons. The summed E-state index contributed by atoms with van der Waals surface area (Å²) < 4.78 is 5.62. The number of rotatable bonds is 4. The third-order valence-electron chi connectivity index (χ3n) is 5.28. The van der Waals surface area contributed by atoms with Gasteiger partial charge in [0.15, 0.2) is 0 Å². The van der Waals surface area contributed by atoms with Crippen molar-refractivity contribution in [3.63, 3.8) is 0 Å². The van der Waals surface area contributed by atoms with Crippen LogP contribution >= 0.6 is 0 Å². The van der Waals surface area contributed by atoms with Crippen LogP contribution in [0.25, 0.3) is 0 Å². The molecule has 2 rings (SSSR count). The van der Waals surface area contributed by atoms with Crippen LogP contribution in [0.1, 0.15) is 52.4 Å². The Kier molecular flexibility index (Phi) is 4.91. The minimum atomic E-state index is 0.221. The van der Waals surface area contributed by atoms with E-state index in [2.05, 4.69) is 25.8 Å². The van der Waals surface area contributed by atoms with Crippen molar-refractivity contribution in [3.05, 3.63) is 0 Å². The summed E-state index contributed by atoms with van der Waals surface area (Å²) in [7, 11) is 2.28. The smallest absolute Gasteiger partial charge is 0.0506 e. The van der Waals surface area contributed by atoms with Gasteiger partial charge in [-0.3, -0.25) is 4.90 Å². The fourth-order valence-electron chi connectivity index (χ4n) is 4.15. The van der Waals surface area contributed by atoms with Crippen molar-refractivity contribution < 1.29 is 4.74 Å². The Bertz CT molecular complexity index is 286. The SMILES string of the molecule is CN(CC1CCCOC1)C1(CN)CCCC(C)(C)C1. The first-order valence-electron chi connectivity index (χ1n) is 7.97.